The SMILES string of the molecule is O=C(c1ncc(F)cc1F)N1CCOC[C@@H](CO)C1. The molecular weight excluding hydrogens is 258 g/mol. The van der Waals surface area contributed by atoms with Crippen LogP contribution in [0.2, 0.25) is 0 Å². The quantitative estimate of drug-likeness (QED) is 0.848. The number of amides is 1. The second kappa shape index (κ2) is 6.03. The highest BCUT2D eigenvalue weighted by molar-refractivity contribution is 5.92. The molecule has 1 atom stereocenters. The van der Waals surface area contributed by atoms with Crippen molar-refractivity contribution in [2.45, 2.75) is 0 Å². The van der Waals surface area contributed by atoms with Gasteiger partial charge in [0.05, 0.1) is 19.4 Å². The second-order valence-electron chi connectivity index (χ2n) is 4.36. The highest BCUT2D eigenvalue weighted by atomic mass is 19.1. The summed E-state index contributed by atoms with van der Waals surface area (Å²) in [5.41, 5.74) is -0.417. The van der Waals surface area contributed by atoms with Crippen molar-refractivity contribution in [2.24, 2.45) is 5.92 Å². The van der Waals surface area contributed by atoms with E-state index in [1.165, 1.54) is 4.90 Å². The molecule has 0 radical (unpaired) electrons. The van der Waals surface area contributed by atoms with E-state index >= 15 is 0 Å². The molecule has 1 amide bonds. The van der Waals surface area contributed by atoms with E-state index in [1.807, 2.05) is 0 Å². The Balaban J connectivity index is 2.17. The Morgan fingerprint density at radius 1 is 1.58 bits per heavy atom. The summed E-state index contributed by atoms with van der Waals surface area (Å²) in [6.45, 7) is 1.08. The molecule has 1 aromatic rings. The van der Waals surface area contributed by atoms with Crippen LogP contribution in [0.25, 0.3) is 0 Å². The monoisotopic (exact) mass is 272 g/mol. The Morgan fingerprint density at radius 2 is 2.37 bits per heavy atom. The van der Waals surface area contributed by atoms with Crippen LogP contribution < -0.4 is 0 Å². The van der Waals surface area contributed by atoms with Crippen LogP contribution in [-0.4, -0.2) is 53.8 Å². The molecule has 2 heterocycles. The minimum Gasteiger partial charge on any atom is -0.396 e. The molecule has 0 bridgehead atoms. The van der Waals surface area contributed by atoms with E-state index in [0.29, 0.717) is 19.3 Å². The number of aliphatic hydroxyl groups is 1. The zero-order valence-corrected chi connectivity index (χ0v) is 10.2. The number of pyridine rings is 1. The van der Waals surface area contributed by atoms with Gasteiger partial charge in [0.25, 0.3) is 5.91 Å². The lowest BCUT2D eigenvalue weighted by atomic mass is 10.1. The smallest absolute Gasteiger partial charge is 0.275 e. The molecule has 1 N–H and O–H groups in total. The summed E-state index contributed by atoms with van der Waals surface area (Å²) in [6.07, 6.45) is 0.800. The second-order valence-corrected chi connectivity index (χ2v) is 4.36. The molecule has 0 aliphatic carbocycles. The van der Waals surface area contributed by atoms with Crippen LogP contribution in [0.4, 0.5) is 8.78 Å². The van der Waals surface area contributed by atoms with Gasteiger partial charge in [-0.2, -0.15) is 0 Å². The van der Waals surface area contributed by atoms with Gasteiger partial charge in [-0.15, -0.1) is 0 Å². The van der Waals surface area contributed by atoms with Crippen LogP contribution >= 0.6 is 0 Å². The topological polar surface area (TPSA) is 62.7 Å². The van der Waals surface area contributed by atoms with Gasteiger partial charge in [0.2, 0.25) is 0 Å². The first-order chi connectivity index (χ1) is 9.11. The number of carbonyl (C=O) groups is 1. The zero-order valence-electron chi connectivity index (χ0n) is 10.2. The van der Waals surface area contributed by atoms with Gasteiger partial charge < -0.3 is 14.7 Å². The molecule has 0 saturated carbocycles. The van der Waals surface area contributed by atoms with Crippen molar-refractivity contribution in [3.63, 3.8) is 0 Å². The number of nitrogens with zero attached hydrogens (tertiary/aromatic N) is 2. The van der Waals surface area contributed by atoms with Crippen LogP contribution in [-0.2, 0) is 4.74 Å². The third kappa shape index (κ3) is 3.24. The summed E-state index contributed by atoms with van der Waals surface area (Å²) in [7, 11) is 0. The molecule has 1 saturated heterocycles. The summed E-state index contributed by atoms with van der Waals surface area (Å²) >= 11 is 0. The number of carbonyl (C=O) groups excluding carboxylic acids is 1. The molecular formula is C12H14F2N2O3. The van der Waals surface area contributed by atoms with E-state index in [2.05, 4.69) is 4.98 Å². The molecule has 0 unspecified atom stereocenters. The normalized spacial score (nSPS) is 20.2. The molecule has 1 fully saturated rings. The van der Waals surface area contributed by atoms with Gasteiger partial charge in [-0.3, -0.25) is 4.79 Å². The number of ether oxygens (including phenoxy) is 1. The fourth-order valence-electron chi connectivity index (χ4n) is 1.90. The van der Waals surface area contributed by atoms with E-state index in [0.717, 1.165) is 6.20 Å². The van der Waals surface area contributed by atoms with Gasteiger partial charge in [0.1, 0.15) is 5.82 Å². The highest BCUT2D eigenvalue weighted by Crippen LogP contribution is 2.13. The average molecular weight is 272 g/mol. The number of aliphatic hydroxyl groups excluding tert-OH is 1. The summed E-state index contributed by atoms with van der Waals surface area (Å²) in [6, 6.07) is 0.623. The van der Waals surface area contributed by atoms with Crippen LogP contribution in [0.1, 0.15) is 10.5 Å². The van der Waals surface area contributed by atoms with E-state index in [1.54, 1.807) is 0 Å². The first-order valence-corrected chi connectivity index (χ1v) is 5.90. The first-order valence-electron chi connectivity index (χ1n) is 5.90. The first kappa shape index (κ1) is 13.8. The maximum Gasteiger partial charge on any atom is 0.275 e. The van der Waals surface area contributed by atoms with Crippen molar-refractivity contribution in [1.82, 2.24) is 9.88 Å². The van der Waals surface area contributed by atoms with Gasteiger partial charge in [-0.05, 0) is 0 Å². The average Bonchev–Trinajstić information content (AvgIpc) is 2.63. The van der Waals surface area contributed by atoms with E-state index in [9.17, 15) is 13.6 Å². The lowest BCUT2D eigenvalue weighted by molar-refractivity contribution is 0.0717. The van der Waals surface area contributed by atoms with E-state index in [-0.39, 0.29) is 25.6 Å². The maximum absolute atomic E-state index is 13.5. The number of aromatic nitrogens is 1. The lowest BCUT2D eigenvalue weighted by Crippen LogP contribution is -2.37. The number of halogens is 2. The van der Waals surface area contributed by atoms with Crippen molar-refractivity contribution in [2.75, 3.05) is 32.9 Å². The van der Waals surface area contributed by atoms with Gasteiger partial charge in [0.15, 0.2) is 11.5 Å². The molecule has 19 heavy (non-hydrogen) atoms. The molecule has 1 aromatic heterocycles. The summed E-state index contributed by atoms with van der Waals surface area (Å²) < 4.78 is 31.5. The summed E-state index contributed by atoms with van der Waals surface area (Å²) in [4.78, 5) is 17.0. The Bertz CT molecular complexity index is 470. The Labute approximate surface area is 108 Å². The molecule has 5 nitrogen and oxygen atoms in total. The molecule has 2 rings (SSSR count). The highest BCUT2D eigenvalue weighted by Gasteiger charge is 2.25. The van der Waals surface area contributed by atoms with Crippen LogP contribution in [0, 0.1) is 17.6 Å². The Morgan fingerprint density at radius 3 is 3.05 bits per heavy atom. The summed E-state index contributed by atoms with van der Waals surface area (Å²) in [5, 5.41) is 9.12. The molecule has 1 aliphatic heterocycles. The van der Waals surface area contributed by atoms with E-state index < -0.39 is 23.2 Å². The number of hydrogen-bond donors (Lipinski definition) is 1. The van der Waals surface area contributed by atoms with Crippen molar-refractivity contribution in [3.8, 4) is 0 Å². The predicted molar refractivity (Wildman–Crippen MR) is 61.5 cm³/mol. The largest absolute Gasteiger partial charge is 0.396 e. The van der Waals surface area contributed by atoms with Gasteiger partial charge >= 0.3 is 0 Å². The molecule has 0 aromatic carbocycles. The van der Waals surface area contributed by atoms with Crippen molar-refractivity contribution < 1.29 is 23.4 Å². The Hall–Kier alpha value is -1.60. The fourth-order valence-corrected chi connectivity index (χ4v) is 1.90. The summed E-state index contributed by atoms with van der Waals surface area (Å²) in [5.74, 6) is -2.66. The van der Waals surface area contributed by atoms with Crippen molar-refractivity contribution >= 4 is 5.91 Å². The third-order valence-corrected chi connectivity index (χ3v) is 2.89. The third-order valence-electron chi connectivity index (χ3n) is 2.89. The lowest BCUT2D eigenvalue weighted by Gasteiger charge is -2.22. The standard InChI is InChI=1S/C12H14F2N2O3/c13-9-3-10(14)11(15-4-9)12(18)16-1-2-19-7-8(5-16)6-17/h3-4,8,17H,1-2,5-7H2/t8-/m1/s1. The van der Waals surface area contributed by atoms with Gasteiger partial charge in [-0.25, -0.2) is 13.8 Å². The maximum atomic E-state index is 13.5. The Kier molecular flexibility index (Phi) is 4.39. The van der Waals surface area contributed by atoms with Gasteiger partial charge in [0, 0.05) is 31.7 Å². The minimum atomic E-state index is -0.990. The molecule has 104 valence electrons. The number of rotatable bonds is 2. The van der Waals surface area contributed by atoms with Crippen LogP contribution in [0.3, 0.4) is 0 Å². The molecule has 0 spiro atoms. The van der Waals surface area contributed by atoms with Crippen LogP contribution in [0.15, 0.2) is 12.3 Å². The van der Waals surface area contributed by atoms with Gasteiger partial charge in [-0.1, -0.05) is 0 Å². The molecule has 7 heteroatoms. The fraction of sp³-hybridized carbons (Fsp3) is 0.500. The van der Waals surface area contributed by atoms with E-state index in [4.69, 9.17) is 9.84 Å². The molecule has 1 aliphatic rings. The van der Waals surface area contributed by atoms with Crippen molar-refractivity contribution in [1.29, 1.82) is 0 Å². The minimum absolute atomic E-state index is 0.122. The van der Waals surface area contributed by atoms with Crippen molar-refractivity contribution in [3.05, 3.63) is 29.6 Å². The predicted octanol–water partition coefficient (Wildman–Crippen LogP) is 0.441. The zero-order chi connectivity index (χ0) is 13.8. The van der Waals surface area contributed by atoms with Crippen LogP contribution in [0.5, 0.6) is 0 Å². The number of hydrogen-bond acceptors (Lipinski definition) is 4.